The Kier molecular flexibility index (Phi) is 8.28. The van der Waals surface area contributed by atoms with Crippen LogP contribution in [0.4, 0.5) is 4.39 Å². The van der Waals surface area contributed by atoms with Crippen LogP contribution in [0.1, 0.15) is 41.6 Å². The van der Waals surface area contributed by atoms with Crippen molar-refractivity contribution in [3.63, 3.8) is 0 Å². The zero-order valence-corrected chi connectivity index (χ0v) is 18.2. The lowest BCUT2D eigenvalue weighted by Gasteiger charge is -2.30. The molecule has 2 N–H and O–H groups in total. The SMILES string of the molecule is C=CC(NC(C)O)c1ccc(CN2CCc3c(ccc(OCCCF)c3Cl)C2)cc1. The first-order chi connectivity index (χ1) is 14.5. The van der Waals surface area contributed by atoms with Crippen LogP contribution in [0.3, 0.4) is 0 Å². The Hall–Kier alpha value is -1.92. The fraction of sp³-hybridized carbons (Fsp3) is 0.417. The van der Waals surface area contributed by atoms with Crippen molar-refractivity contribution in [2.24, 2.45) is 0 Å². The highest BCUT2D eigenvalue weighted by molar-refractivity contribution is 6.33. The summed E-state index contributed by atoms with van der Waals surface area (Å²) < 4.78 is 17.9. The van der Waals surface area contributed by atoms with Gasteiger partial charge in [-0.3, -0.25) is 14.6 Å². The van der Waals surface area contributed by atoms with Gasteiger partial charge in [-0.15, -0.1) is 6.58 Å². The predicted octanol–water partition coefficient (Wildman–Crippen LogP) is 4.79. The molecule has 0 fully saturated rings. The summed E-state index contributed by atoms with van der Waals surface area (Å²) in [6.07, 6.45) is 2.44. The van der Waals surface area contributed by atoms with Gasteiger partial charge in [0.1, 0.15) is 12.0 Å². The van der Waals surface area contributed by atoms with E-state index in [2.05, 4.69) is 47.1 Å². The van der Waals surface area contributed by atoms with Crippen LogP contribution >= 0.6 is 11.6 Å². The minimum Gasteiger partial charge on any atom is -0.492 e. The number of benzene rings is 2. The highest BCUT2D eigenvalue weighted by Crippen LogP contribution is 2.34. The van der Waals surface area contributed by atoms with Crippen molar-refractivity contribution in [1.29, 1.82) is 0 Å². The molecule has 2 aromatic rings. The fourth-order valence-electron chi connectivity index (χ4n) is 3.78. The Bertz CT molecular complexity index is 842. The predicted molar refractivity (Wildman–Crippen MR) is 120 cm³/mol. The molecule has 2 unspecified atom stereocenters. The summed E-state index contributed by atoms with van der Waals surface area (Å²) in [6.45, 7) is 8.11. The number of rotatable bonds is 10. The lowest BCUT2D eigenvalue weighted by molar-refractivity contribution is 0.148. The van der Waals surface area contributed by atoms with Gasteiger partial charge < -0.3 is 9.84 Å². The summed E-state index contributed by atoms with van der Waals surface area (Å²) in [4.78, 5) is 2.40. The van der Waals surface area contributed by atoms with Gasteiger partial charge in [-0.05, 0) is 41.7 Å². The zero-order valence-electron chi connectivity index (χ0n) is 17.4. The molecule has 0 aromatic heterocycles. The Morgan fingerprint density at radius 2 is 2.07 bits per heavy atom. The largest absolute Gasteiger partial charge is 0.492 e. The topological polar surface area (TPSA) is 44.7 Å². The van der Waals surface area contributed by atoms with Gasteiger partial charge in [-0.1, -0.05) is 48.0 Å². The normalized spacial score (nSPS) is 16.0. The number of fused-ring (bicyclic) bond motifs is 1. The molecule has 30 heavy (non-hydrogen) atoms. The summed E-state index contributed by atoms with van der Waals surface area (Å²) in [5.41, 5.74) is 4.66. The molecule has 1 aliphatic heterocycles. The molecule has 3 rings (SSSR count). The lowest BCUT2D eigenvalue weighted by Crippen LogP contribution is -2.30. The van der Waals surface area contributed by atoms with Gasteiger partial charge in [0.15, 0.2) is 0 Å². The zero-order chi connectivity index (χ0) is 21.5. The van der Waals surface area contributed by atoms with E-state index in [9.17, 15) is 9.50 Å². The average Bonchev–Trinajstić information content (AvgIpc) is 2.74. The molecule has 0 saturated heterocycles. The summed E-state index contributed by atoms with van der Waals surface area (Å²) in [6, 6.07) is 12.3. The van der Waals surface area contributed by atoms with Crippen molar-refractivity contribution < 1.29 is 14.2 Å². The maximum atomic E-state index is 12.3. The van der Waals surface area contributed by atoms with E-state index in [1.54, 1.807) is 13.0 Å². The van der Waals surface area contributed by atoms with E-state index in [-0.39, 0.29) is 12.7 Å². The smallest absolute Gasteiger partial charge is 0.138 e. The van der Waals surface area contributed by atoms with Gasteiger partial charge in [0, 0.05) is 26.1 Å². The Morgan fingerprint density at radius 3 is 2.73 bits per heavy atom. The van der Waals surface area contributed by atoms with Gasteiger partial charge in [0.2, 0.25) is 0 Å². The van der Waals surface area contributed by atoms with Gasteiger partial charge in [0.05, 0.1) is 24.3 Å². The third-order valence-electron chi connectivity index (χ3n) is 5.31. The number of nitrogens with one attached hydrogen (secondary N) is 1. The van der Waals surface area contributed by atoms with E-state index in [0.717, 1.165) is 37.2 Å². The molecule has 6 heteroatoms. The number of alkyl halides is 1. The molecule has 0 aliphatic carbocycles. The molecule has 162 valence electrons. The molecule has 2 aromatic carbocycles. The van der Waals surface area contributed by atoms with E-state index >= 15 is 0 Å². The molecular weight excluding hydrogens is 403 g/mol. The standard InChI is InChI=1S/C24H30ClFN2O2/c1-3-22(27-17(2)29)19-7-5-18(6-8-19)15-28-13-11-21-20(16-28)9-10-23(24(21)25)30-14-4-12-26/h3,5-10,17,22,27,29H,1,4,11-16H2,2H3. The first kappa shape index (κ1) is 22.8. The van der Waals surface area contributed by atoms with Crippen LogP contribution in [0.2, 0.25) is 5.02 Å². The first-order valence-electron chi connectivity index (χ1n) is 10.4. The minimum absolute atomic E-state index is 0.0793. The number of ether oxygens (including phenoxy) is 1. The summed E-state index contributed by atoms with van der Waals surface area (Å²) >= 11 is 6.54. The second kappa shape index (κ2) is 10.9. The van der Waals surface area contributed by atoms with E-state index in [1.165, 1.54) is 11.1 Å². The van der Waals surface area contributed by atoms with Crippen molar-refractivity contribution in [3.05, 3.63) is 76.3 Å². The average molecular weight is 433 g/mol. The van der Waals surface area contributed by atoms with Crippen molar-refractivity contribution in [2.45, 2.75) is 45.1 Å². The second-order valence-electron chi connectivity index (χ2n) is 7.66. The molecule has 4 nitrogen and oxygen atoms in total. The lowest BCUT2D eigenvalue weighted by atomic mass is 9.98. The van der Waals surface area contributed by atoms with Gasteiger partial charge in [-0.2, -0.15) is 0 Å². The molecular formula is C24H30ClFN2O2. The molecule has 1 aliphatic rings. The molecule has 0 saturated carbocycles. The van der Waals surface area contributed by atoms with Crippen LogP contribution in [-0.4, -0.2) is 36.1 Å². The third-order valence-corrected chi connectivity index (χ3v) is 5.73. The summed E-state index contributed by atoms with van der Waals surface area (Å²) in [5, 5.41) is 13.3. The summed E-state index contributed by atoms with van der Waals surface area (Å²) in [7, 11) is 0. The van der Waals surface area contributed by atoms with Gasteiger partial charge in [0.25, 0.3) is 0 Å². The second-order valence-corrected chi connectivity index (χ2v) is 8.04. The molecule has 1 heterocycles. The minimum atomic E-state index is -0.595. The van der Waals surface area contributed by atoms with Crippen LogP contribution in [0.25, 0.3) is 0 Å². The van der Waals surface area contributed by atoms with Gasteiger partial charge >= 0.3 is 0 Å². The maximum absolute atomic E-state index is 12.3. The maximum Gasteiger partial charge on any atom is 0.138 e. The first-order valence-corrected chi connectivity index (χ1v) is 10.8. The van der Waals surface area contributed by atoms with Gasteiger partial charge in [-0.25, -0.2) is 0 Å². The molecule has 0 radical (unpaired) electrons. The quantitative estimate of drug-likeness (QED) is 0.322. The highest BCUT2D eigenvalue weighted by atomic mass is 35.5. The number of hydrogen-bond acceptors (Lipinski definition) is 4. The fourth-order valence-corrected chi connectivity index (χ4v) is 4.11. The van der Waals surface area contributed by atoms with Crippen LogP contribution in [0.5, 0.6) is 5.75 Å². The number of aliphatic hydroxyl groups is 1. The van der Waals surface area contributed by atoms with Crippen LogP contribution in [0.15, 0.2) is 49.1 Å². The van der Waals surface area contributed by atoms with Crippen molar-refractivity contribution >= 4 is 11.6 Å². The van der Waals surface area contributed by atoms with E-state index in [0.29, 0.717) is 23.8 Å². The number of hydrogen-bond donors (Lipinski definition) is 2. The highest BCUT2D eigenvalue weighted by Gasteiger charge is 2.21. The number of halogens is 2. The Labute approximate surface area is 183 Å². The van der Waals surface area contributed by atoms with Crippen molar-refractivity contribution in [1.82, 2.24) is 10.2 Å². The van der Waals surface area contributed by atoms with Crippen LogP contribution in [0, 0.1) is 0 Å². The molecule has 2 atom stereocenters. The molecule has 0 bridgehead atoms. The molecule has 0 amide bonds. The number of aliphatic hydroxyl groups excluding tert-OH is 1. The van der Waals surface area contributed by atoms with Crippen LogP contribution in [-0.2, 0) is 19.5 Å². The van der Waals surface area contributed by atoms with Crippen molar-refractivity contribution in [3.8, 4) is 5.75 Å². The number of nitrogens with zero attached hydrogens (tertiary/aromatic N) is 1. The third kappa shape index (κ3) is 5.82. The van der Waals surface area contributed by atoms with E-state index < -0.39 is 6.23 Å². The van der Waals surface area contributed by atoms with E-state index in [1.807, 2.05) is 6.07 Å². The van der Waals surface area contributed by atoms with E-state index in [4.69, 9.17) is 16.3 Å². The molecule has 0 spiro atoms. The Balaban J connectivity index is 1.62. The monoisotopic (exact) mass is 432 g/mol. The summed E-state index contributed by atoms with van der Waals surface area (Å²) in [5.74, 6) is 0.649. The van der Waals surface area contributed by atoms with Crippen molar-refractivity contribution in [2.75, 3.05) is 19.8 Å². The van der Waals surface area contributed by atoms with Crippen LogP contribution < -0.4 is 10.1 Å². The Morgan fingerprint density at radius 1 is 1.30 bits per heavy atom.